The van der Waals surface area contributed by atoms with Crippen LogP contribution in [0.15, 0.2) is 48.8 Å². The van der Waals surface area contributed by atoms with E-state index in [0.717, 1.165) is 36.1 Å². The molecule has 2 aromatic rings. The first kappa shape index (κ1) is 14.7. The van der Waals surface area contributed by atoms with Gasteiger partial charge in [0.15, 0.2) is 0 Å². The van der Waals surface area contributed by atoms with E-state index in [0.29, 0.717) is 0 Å². The lowest BCUT2D eigenvalue weighted by molar-refractivity contribution is -0.123. The van der Waals surface area contributed by atoms with Gasteiger partial charge in [0.25, 0.3) is 0 Å². The van der Waals surface area contributed by atoms with E-state index in [-0.39, 0.29) is 18.0 Å². The van der Waals surface area contributed by atoms with E-state index in [4.69, 9.17) is 0 Å². The van der Waals surface area contributed by atoms with Crippen LogP contribution in [0.2, 0.25) is 0 Å². The Hall–Kier alpha value is -2.20. The van der Waals surface area contributed by atoms with Crippen LogP contribution in [-0.2, 0) is 4.79 Å². The van der Waals surface area contributed by atoms with Gasteiger partial charge in [-0.1, -0.05) is 30.3 Å². The molecule has 2 heterocycles. The highest BCUT2D eigenvalue weighted by Gasteiger charge is 2.23. The van der Waals surface area contributed by atoms with Crippen LogP contribution in [0.25, 0.3) is 11.1 Å². The summed E-state index contributed by atoms with van der Waals surface area (Å²) in [5.41, 5.74) is 3.34. The second kappa shape index (κ2) is 6.71. The van der Waals surface area contributed by atoms with Crippen molar-refractivity contribution in [3.05, 3.63) is 54.4 Å². The van der Waals surface area contributed by atoms with Gasteiger partial charge in [0, 0.05) is 12.4 Å². The van der Waals surface area contributed by atoms with Crippen LogP contribution in [-0.4, -0.2) is 23.5 Å². The maximum atomic E-state index is 12.1. The summed E-state index contributed by atoms with van der Waals surface area (Å²) in [7, 11) is 0. The van der Waals surface area contributed by atoms with E-state index in [1.807, 2.05) is 25.3 Å². The minimum atomic E-state index is -0.0304. The van der Waals surface area contributed by atoms with Gasteiger partial charge in [0.1, 0.15) is 0 Å². The van der Waals surface area contributed by atoms with Crippen LogP contribution in [0, 0.1) is 0 Å². The van der Waals surface area contributed by atoms with Gasteiger partial charge in [-0.2, -0.15) is 0 Å². The zero-order valence-electron chi connectivity index (χ0n) is 12.8. The van der Waals surface area contributed by atoms with Gasteiger partial charge in [-0.05, 0) is 49.1 Å². The molecule has 0 aliphatic carbocycles. The van der Waals surface area contributed by atoms with E-state index in [9.17, 15) is 4.79 Å². The average molecular weight is 295 g/mol. The molecule has 114 valence electrons. The molecule has 0 saturated carbocycles. The first-order valence-electron chi connectivity index (χ1n) is 7.78. The third-order valence-electron chi connectivity index (χ3n) is 4.14. The fraction of sp³-hybridized carbons (Fsp3) is 0.333. The lowest BCUT2D eigenvalue weighted by Crippen LogP contribution is -2.41. The number of benzene rings is 1. The molecule has 22 heavy (non-hydrogen) atoms. The van der Waals surface area contributed by atoms with Crippen molar-refractivity contribution >= 4 is 5.91 Å². The molecule has 4 nitrogen and oxygen atoms in total. The highest BCUT2D eigenvalue weighted by molar-refractivity contribution is 5.82. The Morgan fingerprint density at radius 2 is 2.09 bits per heavy atom. The van der Waals surface area contributed by atoms with Crippen LogP contribution in [0.1, 0.15) is 31.4 Å². The molecule has 2 N–H and O–H groups in total. The quantitative estimate of drug-likeness (QED) is 0.912. The first-order chi connectivity index (χ1) is 10.7. The van der Waals surface area contributed by atoms with Crippen molar-refractivity contribution in [1.82, 2.24) is 15.6 Å². The van der Waals surface area contributed by atoms with Crippen LogP contribution >= 0.6 is 0 Å². The van der Waals surface area contributed by atoms with Gasteiger partial charge in [-0.3, -0.25) is 9.78 Å². The highest BCUT2D eigenvalue weighted by atomic mass is 16.2. The van der Waals surface area contributed by atoms with Gasteiger partial charge in [-0.15, -0.1) is 0 Å². The zero-order valence-corrected chi connectivity index (χ0v) is 12.8. The summed E-state index contributed by atoms with van der Waals surface area (Å²) in [4.78, 5) is 16.3. The number of rotatable bonds is 4. The van der Waals surface area contributed by atoms with Crippen molar-refractivity contribution in [3.63, 3.8) is 0 Å². The van der Waals surface area contributed by atoms with E-state index < -0.39 is 0 Å². The second-order valence-electron chi connectivity index (χ2n) is 5.74. The monoisotopic (exact) mass is 295 g/mol. The summed E-state index contributed by atoms with van der Waals surface area (Å²) in [5, 5.41) is 6.31. The predicted molar refractivity (Wildman–Crippen MR) is 87.3 cm³/mol. The Morgan fingerprint density at radius 1 is 1.27 bits per heavy atom. The minimum Gasteiger partial charge on any atom is -0.348 e. The summed E-state index contributed by atoms with van der Waals surface area (Å²) in [6, 6.07) is 12.2. The number of hydrogen-bond donors (Lipinski definition) is 2. The lowest BCUT2D eigenvalue weighted by atomic mass is 10.0. The number of nitrogens with one attached hydrogen (secondary N) is 2. The molecule has 1 amide bonds. The Labute approximate surface area is 131 Å². The second-order valence-corrected chi connectivity index (χ2v) is 5.74. The molecule has 2 unspecified atom stereocenters. The summed E-state index contributed by atoms with van der Waals surface area (Å²) in [6.07, 6.45) is 5.63. The van der Waals surface area contributed by atoms with Gasteiger partial charge >= 0.3 is 0 Å². The van der Waals surface area contributed by atoms with E-state index in [2.05, 4.69) is 39.9 Å². The van der Waals surface area contributed by atoms with Crippen LogP contribution in [0.3, 0.4) is 0 Å². The Balaban J connectivity index is 1.66. The molecule has 1 aliphatic heterocycles. The molecule has 4 heteroatoms. The molecular weight excluding hydrogens is 274 g/mol. The molecule has 0 spiro atoms. The lowest BCUT2D eigenvalue weighted by Gasteiger charge is -2.18. The van der Waals surface area contributed by atoms with Crippen molar-refractivity contribution < 1.29 is 4.79 Å². The molecule has 1 aromatic carbocycles. The fourth-order valence-electron chi connectivity index (χ4n) is 2.80. The van der Waals surface area contributed by atoms with E-state index >= 15 is 0 Å². The topological polar surface area (TPSA) is 54.0 Å². The molecule has 1 aliphatic rings. The largest absolute Gasteiger partial charge is 0.348 e. The zero-order chi connectivity index (χ0) is 15.4. The number of carbonyl (C=O) groups is 1. The van der Waals surface area contributed by atoms with Crippen molar-refractivity contribution in [2.45, 2.75) is 31.8 Å². The number of pyridine rings is 1. The first-order valence-corrected chi connectivity index (χ1v) is 7.78. The maximum Gasteiger partial charge on any atom is 0.237 e. The molecule has 1 saturated heterocycles. The standard InChI is InChI=1S/C18H21N3O/c1-13(21-18(22)17-5-3-11-20-17)14-6-8-15(9-7-14)16-4-2-10-19-12-16/h2,4,6-10,12-13,17,20H,3,5,11H2,1H3,(H,21,22). The van der Waals surface area contributed by atoms with Crippen LogP contribution in [0.4, 0.5) is 0 Å². The molecule has 3 rings (SSSR count). The maximum absolute atomic E-state index is 12.1. The summed E-state index contributed by atoms with van der Waals surface area (Å²) in [5.74, 6) is 0.0985. The van der Waals surface area contributed by atoms with E-state index in [1.54, 1.807) is 6.20 Å². The number of aromatic nitrogens is 1. The van der Waals surface area contributed by atoms with Gasteiger partial charge in [0.05, 0.1) is 12.1 Å². The van der Waals surface area contributed by atoms with Gasteiger partial charge < -0.3 is 10.6 Å². The number of carbonyl (C=O) groups excluding carboxylic acids is 1. The summed E-state index contributed by atoms with van der Waals surface area (Å²) in [6.45, 7) is 2.96. The van der Waals surface area contributed by atoms with Crippen molar-refractivity contribution in [3.8, 4) is 11.1 Å². The van der Waals surface area contributed by atoms with Crippen LogP contribution < -0.4 is 10.6 Å². The van der Waals surface area contributed by atoms with Crippen molar-refractivity contribution in [1.29, 1.82) is 0 Å². The Morgan fingerprint density at radius 3 is 2.73 bits per heavy atom. The third kappa shape index (κ3) is 3.34. The van der Waals surface area contributed by atoms with Crippen molar-refractivity contribution in [2.24, 2.45) is 0 Å². The highest BCUT2D eigenvalue weighted by Crippen LogP contribution is 2.21. The summed E-state index contributed by atoms with van der Waals surface area (Å²) < 4.78 is 0. The van der Waals surface area contributed by atoms with Gasteiger partial charge in [-0.25, -0.2) is 0 Å². The number of nitrogens with zero attached hydrogens (tertiary/aromatic N) is 1. The Kier molecular flexibility index (Phi) is 4.49. The fourth-order valence-corrected chi connectivity index (χ4v) is 2.80. The Bertz CT molecular complexity index is 619. The summed E-state index contributed by atoms with van der Waals surface area (Å²) >= 11 is 0. The molecule has 0 radical (unpaired) electrons. The predicted octanol–water partition coefficient (Wildman–Crippen LogP) is 2.68. The number of amides is 1. The van der Waals surface area contributed by atoms with Crippen molar-refractivity contribution in [2.75, 3.05) is 6.54 Å². The number of hydrogen-bond acceptors (Lipinski definition) is 3. The average Bonchev–Trinajstić information content (AvgIpc) is 3.10. The minimum absolute atomic E-state index is 0.0119. The molecule has 0 bridgehead atoms. The normalized spacial score (nSPS) is 18.9. The molecule has 2 atom stereocenters. The molecule has 1 fully saturated rings. The van der Waals surface area contributed by atoms with Gasteiger partial charge in [0.2, 0.25) is 5.91 Å². The van der Waals surface area contributed by atoms with E-state index in [1.165, 1.54) is 0 Å². The van der Waals surface area contributed by atoms with Crippen LogP contribution in [0.5, 0.6) is 0 Å². The smallest absolute Gasteiger partial charge is 0.237 e. The molecular formula is C18H21N3O. The third-order valence-corrected chi connectivity index (χ3v) is 4.14. The SMILES string of the molecule is CC(NC(=O)C1CCCN1)c1ccc(-c2cccnc2)cc1. The molecule has 1 aromatic heterocycles.